The van der Waals surface area contributed by atoms with Crippen molar-refractivity contribution in [1.29, 1.82) is 0 Å². The molecule has 0 saturated carbocycles. The van der Waals surface area contributed by atoms with Crippen molar-refractivity contribution in [2.75, 3.05) is 24.5 Å². The van der Waals surface area contributed by atoms with Gasteiger partial charge in [0.05, 0.1) is 5.39 Å². The van der Waals surface area contributed by atoms with E-state index in [-0.39, 0.29) is 19.4 Å². The summed E-state index contributed by atoms with van der Waals surface area (Å²) in [5.74, 6) is 0.437. The number of H-pyrrole nitrogens is 1. The number of carbonyl (C=O) groups is 1. The van der Waals surface area contributed by atoms with Crippen LogP contribution in [0.2, 0.25) is 0 Å². The zero-order valence-electron chi connectivity index (χ0n) is 17.6. The molecule has 7 nitrogen and oxygen atoms in total. The van der Waals surface area contributed by atoms with Gasteiger partial charge in [-0.2, -0.15) is 0 Å². The number of ether oxygens (including phenoxy) is 1. The van der Waals surface area contributed by atoms with Crippen molar-refractivity contribution in [3.63, 3.8) is 0 Å². The second-order valence-corrected chi connectivity index (χ2v) is 8.57. The van der Waals surface area contributed by atoms with Gasteiger partial charge in [-0.1, -0.05) is 18.2 Å². The predicted molar refractivity (Wildman–Crippen MR) is 116 cm³/mol. The lowest BCUT2D eigenvalue weighted by Crippen LogP contribution is -2.54. The first kappa shape index (κ1) is 20.1. The van der Waals surface area contributed by atoms with Crippen LogP contribution in [0.15, 0.2) is 36.8 Å². The highest BCUT2D eigenvalue weighted by molar-refractivity contribution is 6.01. The minimum Gasteiger partial charge on any atom is -0.444 e. The number of rotatable bonds is 2. The van der Waals surface area contributed by atoms with Crippen molar-refractivity contribution in [3.8, 4) is 11.1 Å². The Kier molecular flexibility index (Phi) is 5.09. The fourth-order valence-electron chi connectivity index (χ4n) is 3.82. The summed E-state index contributed by atoms with van der Waals surface area (Å²) in [6.45, 7) is 9.24. The molecule has 1 N–H and O–H groups in total. The second-order valence-electron chi connectivity index (χ2n) is 8.57. The summed E-state index contributed by atoms with van der Waals surface area (Å²) in [5.41, 5.74) is 1.34. The Bertz CT molecular complexity index is 1080. The number of halogens is 1. The van der Waals surface area contributed by atoms with E-state index >= 15 is 0 Å². The van der Waals surface area contributed by atoms with E-state index in [1.807, 2.05) is 33.8 Å². The van der Waals surface area contributed by atoms with Gasteiger partial charge >= 0.3 is 6.09 Å². The number of aromatic amines is 1. The third-order valence-electron chi connectivity index (χ3n) is 5.17. The molecule has 0 bridgehead atoms. The molecule has 1 fully saturated rings. The molecule has 160 valence electrons. The van der Waals surface area contributed by atoms with E-state index in [1.54, 1.807) is 23.2 Å². The van der Waals surface area contributed by atoms with Crippen LogP contribution in [0.5, 0.6) is 0 Å². The number of hydrogen-bond donors (Lipinski definition) is 1. The van der Waals surface area contributed by atoms with Crippen LogP contribution in [-0.2, 0) is 4.74 Å². The molecule has 1 aliphatic heterocycles. The predicted octanol–water partition coefficient (Wildman–Crippen LogP) is 4.46. The Balaban J connectivity index is 0.00000272. The normalized spacial score (nSPS) is 17.4. The van der Waals surface area contributed by atoms with Crippen LogP contribution in [0.25, 0.3) is 22.2 Å². The van der Waals surface area contributed by atoms with Crippen LogP contribution in [0.3, 0.4) is 0 Å². The molecule has 1 amide bonds. The van der Waals surface area contributed by atoms with Crippen molar-refractivity contribution in [2.45, 2.75) is 39.3 Å². The summed E-state index contributed by atoms with van der Waals surface area (Å²) in [6, 6.07) is 6.68. The lowest BCUT2D eigenvalue weighted by atomic mass is 10.0. The summed E-state index contributed by atoms with van der Waals surface area (Å²) in [4.78, 5) is 28.3. The molecule has 0 spiro atoms. The molecule has 1 saturated heterocycles. The van der Waals surface area contributed by atoms with Gasteiger partial charge in [-0.05, 0) is 33.8 Å². The van der Waals surface area contributed by atoms with E-state index in [1.165, 1.54) is 12.4 Å². The number of benzene rings is 1. The monoisotopic (exact) mass is 413 g/mol. The van der Waals surface area contributed by atoms with Crippen LogP contribution >= 0.6 is 0 Å². The lowest BCUT2D eigenvalue weighted by Gasteiger charge is -2.41. The molecular weight excluding hydrogens is 385 g/mol. The smallest absolute Gasteiger partial charge is 0.410 e. The number of aromatic nitrogens is 3. The quantitative estimate of drug-likeness (QED) is 0.672. The molecule has 1 aliphatic rings. The van der Waals surface area contributed by atoms with Gasteiger partial charge < -0.3 is 19.5 Å². The standard InChI is InChI=1S/C22H26FN5O2.H2/c1-14-12-27(21(29)30-22(2,3)4)9-10-28(14)20-18-16(11-24-19(18)25-13-26-20)15-7-5-6-8-17(15)23;/h5-8,11,13-14H,9-10,12H2,1-4H3,(H,24,25,26);1H/t14-;/m0./s1. The first-order valence-corrected chi connectivity index (χ1v) is 10.1. The summed E-state index contributed by atoms with van der Waals surface area (Å²) in [5, 5.41) is 0.778. The highest BCUT2D eigenvalue weighted by Crippen LogP contribution is 2.36. The third kappa shape index (κ3) is 3.81. The highest BCUT2D eigenvalue weighted by Gasteiger charge is 2.32. The molecule has 30 heavy (non-hydrogen) atoms. The Morgan fingerprint density at radius 3 is 2.70 bits per heavy atom. The van der Waals surface area contributed by atoms with Crippen LogP contribution < -0.4 is 4.90 Å². The number of anilines is 1. The van der Waals surface area contributed by atoms with Crippen LogP contribution in [-0.4, -0.2) is 57.2 Å². The zero-order chi connectivity index (χ0) is 21.5. The maximum Gasteiger partial charge on any atom is 0.410 e. The van der Waals surface area contributed by atoms with Crippen molar-refractivity contribution < 1.29 is 15.3 Å². The van der Waals surface area contributed by atoms with Gasteiger partial charge in [-0.3, -0.25) is 0 Å². The minimum atomic E-state index is -0.532. The van der Waals surface area contributed by atoms with Crippen molar-refractivity contribution in [2.24, 2.45) is 0 Å². The van der Waals surface area contributed by atoms with Gasteiger partial charge in [0.25, 0.3) is 0 Å². The average Bonchev–Trinajstić information content (AvgIpc) is 3.11. The zero-order valence-corrected chi connectivity index (χ0v) is 17.6. The van der Waals surface area contributed by atoms with E-state index in [2.05, 4.69) is 19.9 Å². The number of carbonyl (C=O) groups excluding carboxylic acids is 1. The minimum absolute atomic E-state index is 0. The Hall–Kier alpha value is -3.16. The van der Waals surface area contributed by atoms with Gasteiger partial charge in [0, 0.05) is 44.4 Å². The Morgan fingerprint density at radius 2 is 2.00 bits per heavy atom. The summed E-state index contributed by atoms with van der Waals surface area (Å²) in [6.07, 6.45) is 2.96. The van der Waals surface area contributed by atoms with Gasteiger partial charge in [-0.25, -0.2) is 19.2 Å². The summed E-state index contributed by atoms with van der Waals surface area (Å²) < 4.78 is 20.0. The summed E-state index contributed by atoms with van der Waals surface area (Å²) >= 11 is 0. The fourth-order valence-corrected chi connectivity index (χ4v) is 3.82. The molecule has 1 atom stereocenters. The maximum atomic E-state index is 14.5. The molecular formula is C22H28FN5O2. The van der Waals surface area contributed by atoms with Crippen LogP contribution in [0.1, 0.15) is 29.1 Å². The Morgan fingerprint density at radius 1 is 1.23 bits per heavy atom. The number of nitrogens with one attached hydrogen (secondary N) is 1. The molecule has 0 unspecified atom stereocenters. The van der Waals surface area contributed by atoms with E-state index < -0.39 is 5.60 Å². The molecule has 0 radical (unpaired) electrons. The average molecular weight is 413 g/mol. The van der Waals surface area contributed by atoms with Crippen molar-refractivity contribution in [1.82, 2.24) is 19.9 Å². The molecule has 8 heteroatoms. The molecule has 4 rings (SSSR count). The van der Waals surface area contributed by atoms with Crippen LogP contribution in [0.4, 0.5) is 15.0 Å². The number of amides is 1. The molecule has 3 aromatic rings. The first-order chi connectivity index (χ1) is 14.2. The van der Waals surface area contributed by atoms with E-state index in [0.717, 1.165) is 16.8 Å². The fraction of sp³-hybridized carbons (Fsp3) is 0.409. The largest absolute Gasteiger partial charge is 0.444 e. The number of piperazine rings is 1. The van der Waals surface area contributed by atoms with Crippen molar-refractivity contribution >= 4 is 22.9 Å². The molecule has 3 heterocycles. The topological polar surface area (TPSA) is 74.3 Å². The number of fused-ring (bicyclic) bond motifs is 1. The van der Waals surface area contributed by atoms with Gasteiger partial charge in [0.2, 0.25) is 0 Å². The second kappa shape index (κ2) is 7.59. The molecule has 1 aromatic carbocycles. The van der Waals surface area contributed by atoms with Gasteiger partial charge in [0.1, 0.15) is 29.2 Å². The van der Waals surface area contributed by atoms with Crippen molar-refractivity contribution in [3.05, 3.63) is 42.6 Å². The van der Waals surface area contributed by atoms with E-state index in [9.17, 15) is 9.18 Å². The van der Waals surface area contributed by atoms with Crippen LogP contribution in [0, 0.1) is 5.82 Å². The first-order valence-electron chi connectivity index (χ1n) is 10.1. The molecule has 0 aliphatic carbocycles. The molecule has 2 aromatic heterocycles. The maximum absolute atomic E-state index is 14.5. The number of nitrogens with zero attached hydrogens (tertiary/aromatic N) is 4. The Labute approximate surface area is 176 Å². The van der Waals surface area contributed by atoms with Gasteiger partial charge in [0.15, 0.2) is 0 Å². The number of hydrogen-bond acceptors (Lipinski definition) is 5. The van der Waals surface area contributed by atoms with E-state index in [0.29, 0.717) is 30.8 Å². The van der Waals surface area contributed by atoms with E-state index in [4.69, 9.17) is 4.74 Å². The van der Waals surface area contributed by atoms with Gasteiger partial charge in [-0.15, -0.1) is 0 Å². The lowest BCUT2D eigenvalue weighted by molar-refractivity contribution is 0.0218. The highest BCUT2D eigenvalue weighted by atomic mass is 19.1. The SMILES string of the molecule is C[C@H]1CN(C(=O)OC(C)(C)C)CCN1c1ncnc2[nH]cc(-c3ccccc3F)c12.[HH]. The summed E-state index contributed by atoms with van der Waals surface area (Å²) in [7, 11) is 0. The third-order valence-corrected chi connectivity index (χ3v) is 5.17.